The second kappa shape index (κ2) is 10.1. The van der Waals surface area contributed by atoms with Gasteiger partial charge in [0, 0.05) is 12.0 Å². The number of carbonyl (C=O) groups excluding carboxylic acids is 1. The molecule has 32 heavy (non-hydrogen) atoms. The number of carboxylic acids is 1. The lowest BCUT2D eigenvalue weighted by molar-refractivity contribution is -0.148. The van der Waals surface area contributed by atoms with Crippen LogP contribution in [0.2, 0.25) is 0 Å². The van der Waals surface area contributed by atoms with E-state index >= 15 is 0 Å². The molecule has 2 aromatic carbocycles. The Bertz CT molecular complexity index is 982. The molecule has 0 fully saturated rings. The Morgan fingerprint density at radius 2 is 1.78 bits per heavy atom. The maximum Gasteiger partial charge on any atom is 0.306 e. The summed E-state index contributed by atoms with van der Waals surface area (Å²) in [6.45, 7) is 8.96. The molecule has 6 nitrogen and oxygen atoms in total. The van der Waals surface area contributed by atoms with Gasteiger partial charge in [-0.05, 0) is 62.8 Å². The maximum atomic E-state index is 11.7. The molecule has 2 aromatic rings. The molecule has 172 valence electrons. The zero-order valence-corrected chi connectivity index (χ0v) is 19.3. The van der Waals surface area contributed by atoms with Crippen LogP contribution < -0.4 is 9.47 Å². The first-order valence-electron chi connectivity index (χ1n) is 11.1. The summed E-state index contributed by atoms with van der Waals surface area (Å²) in [5.74, 6) is 0.326. The molecule has 0 spiro atoms. The average molecular weight is 441 g/mol. The maximum absolute atomic E-state index is 11.7. The minimum absolute atomic E-state index is 0.112. The predicted octanol–water partition coefficient (Wildman–Crippen LogP) is 5.07. The van der Waals surface area contributed by atoms with Crippen LogP contribution in [0.15, 0.2) is 30.3 Å². The SMILES string of the molecule is Cc1c(C)c2c(c(C)c1OCc1ccccc1)CCC(C)(CCOC(=O)CCC(=O)O)O2. The topological polar surface area (TPSA) is 82.1 Å². The van der Waals surface area contributed by atoms with Crippen LogP contribution in [0.3, 0.4) is 0 Å². The molecule has 1 aliphatic heterocycles. The van der Waals surface area contributed by atoms with Gasteiger partial charge in [-0.1, -0.05) is 30.3 Å². The van der Waals surface area contributed by atoms with Crippen molar-refractivity contribution in [3.05, 3.63) is 58.1 Å². The zero-order valence-electron chi connectivity index (χ0n) is 19.3. The summed E-state index contributed by atoms with van der Waals surface area (Å²) in [5.41, 5.74) is 5.10. The van der Waals surface area contributed by atoms with Crippen molar-refractivity contribution in [2.24, 2.45) is 0 Å². The Morgan fingerprint density at radius 1 is 1.06 bits per heavy atom. The first kappa shape index (κ1) is 23.6. The van der Waals surface area contributed by atoms with E-state index in [1.807, 2.05) is 25.1 Å². The molecule has 1 unspecified atom stereocenters. The van der Waals surface area contributed by atoms with Gasteiger partial charge in [-0.2, -0.15) is 0 Å². The second-order valence-corrected chi connectivity index (χ2v) is 8.70. The van der Waals surface area contributed by atoms with Crippen LogP contribution >= 0.6 is 0 Å². The molecular weight excluding hydrogens is 408 g/mol. The lowest BCUT2D eigenvalue weighted by Gasteiger charge is -2.38. The van der Waals surface area contributed by atoms with Crippen molar-refractivity contribution < 1.29 is 28.9 Å². The minimum atomic E-state index is -1.01. The van der Waals surface area contributed by atoms with Gasteiger partial charge in [-0.15, -0.1) is 0 Å². The fourth-order valence-electron chi connectivity index (χ4n) is 4.07. The third-order valence-corrected chi connectivity index (χ3v) is 6.23. The Balaban J connectivity index is 1.68. The van der Waals surface area contributed by atoms with Gasteiger partial charge >= 0.3 is 11.9 Å². The molecule has 0 bridgehead atoms. The Morgan fingerprint density at radius 3 is 2.47 bits per heavy atom. The molecule has 1 N–H and O–H groups in total. The van der Waals surface area contributed by atoms with Crippen LogP contribution in [-0.2, 0) is 27.4 Å². The number of rotatable bonds is 9. The number of hydrogen-bond acceptors (Lipinski definition) is 5. The van der Waals surface area contributed by atoms with Gasteiger partial charge in [-0.3, -0.25) is 9.59 Å². The van der Waals surface area contributed by atoms with Crippen molar-refractivity contribution in [3.8, 4) is 11.5 Å². The number of esters is 1. The standard InChI is InChI=1S/C26H32O6/c1-17-18(2)25-21(19(3)24(17)31-16-20-8-6-5-7-9-20)12-13-26(4,32-25)14-15-30-23(29)11-10-22(27)28/h5-9H,10-16H2,1-4H3,(H,27,28). The normalized spacial score (nSPS) is 17.2. The molecule has 1 heterocycles. The van der Waals surface area contributed by atoms with E-state index in [1.165, 1.54) is 5.56 Å². The highest BCUT2D eigenvalue weighted by Crippen LogP contribution is 2.44. The number of aliphatic carboxylic acids is 1. The van der Waals surface area contributed by atoms with E-state index in [0.29, 0.717) is 13.0 Å². The van der Waals surface area contributed by atoms with Gasteiger partial charge in [0.2, 0.25) is 0 Å². The average Bonchev–Trinajstić information content (AvgIpc) is 2.76. The van der Waals surface area contributed by atoms with Gasteiger partial charge < -0.3 is 19.3 Å². The molecule has 0 amide bonds. The number of fused-ring (bicyclic) bond motifs is 1. The highest BCUT2D eigenvalue weighted by molar-refractivity contribution is 5.76. The summed E-state index contributed by atoms with van der Waals surface area (Å²) in [5, 5.41) is 8.67. The highest BCUT2D eigenvalue weighted by atomic mass is 16.5. The fourth-order valence-corrected chi connectivity index (χ4v) is 4.07. The largest absolute Gasteiger partial charge is 0.488 e. The molecule has 0 saturated heterocycles. The Labute approximate surface area is 189 Å². The monoisotopic (exact) mass is 440 g/mol. The minimum Gasteiger partial charge on any atom is -0.488 e. The van der Waals surface area contributed by atoms with E-state index in [2.05, 4.69) is 32.9 Å². The van der Waals surface area contributed by atoms with E-state index in [-0.39, 0.29) is 19.4 Å². The summed E-state index contributed by atoms with van der Waals surface area (Å²) in [6, 6.07) is 10.1. The molecule has 6 heteroatoms. The van der Waals surface area contributed by atoms with E-state index in [4.69, 9.17) is 19.3 Å². The van der Waals surface area contributed by atoms with Crippen molar-refractivity contribution in [3.63, 3.8) is 0 Å². The highest BCUT2D eigenvalue weighted by Gasteiger charge is 2.35. The summed E-state index contributed by atoms with van der Waals surface area (Å²) >= 11 is 0. The summed E-state index contributed by atoms with van der Waals surface area (Å²) in [7, 11) is 0. The van der Waals surface area contributed by atoms with Gasteiger partial charge in [0.25, 0.3) is 0 Å². The van der Waals surface area contributed by atoms with E-state index in [1.54, 1.807) is 0 Å². The molecule has 0 radical (unpaired) electrons. The number of carbonyl (C=O) groups is 2. The second-order valence-electron chi connectivity index (χ2n) is 8.70. The van der Waals surface area contributed by atoms with Crippen molar-refractivity contribution >= 4 is 11.9 Å². The number of hydrogen-bond donors (Lipinski definition) is 1. The third kappa shape index (κ3) is 5.61. The third-order valence-electron chi connectivity index (χ3n) is 6.23. The predicted molar refractivity (Wildman–Crippen MR) is 121 cm³/mol. The summed E-state index contributed by atoms with van der Waals surface area (Å²) < 4.78 is 17.9. The van der Waals surface area contributed by atoms with Crippen LogP contribution in [0, 0.1) is 20.8 Å². The first-order chi connectivity index (χ1) is 15.2. The van der Waals surface area contributed by atoms with E-state index in [0.717, 1.165) is 46.6 Å². The lowest BCUT2D eigenvalue weighted by atomic mass is 9.86. The van der Waals surface area contributed by atoms with Crippen LogP contribution in [-0.4, -0.2) is 29.3 Å². The van der Waals surface area contributed by atoms with E-state index in [9.17, 15) is 9.59 Å². The van der Waals surface area contributed by atoms with Gasteiger partial charge in [0.15, 0.2) is 0 Å². The Kier molecular flexibility index (Phi) is 7.44. The molecule has 1 atom stereocenters. The van der Waals surface area contributed by atoms with Gasteiger partial charge in [0.1, 0.15) is 23.7 Å². The van der Waals surface area contributed by atoms with Crippen molar-refractivity contribution in [2.45, 2.75) is 72.0 Å². The van der Waals surface area contributed by atoms with Crippen molar-refractivity contribution in [1.29, 1.82) is 0 Å². The van der Waals surface area contributed by atoms with Crippen LogP contribution in [0.25, 0.3) is 0 Å². The zero-order chi connectivity index (χ0) is 23.3. The molecule has 0 aliphatic carbocycles. The quantitative estimate of drug-likeness (QED) is 0.548. The Hall–Kier alpha value is -3.02. The van der Waals surface area contributed by atoms with Crippen LogP contribution in [0.4, 0.5) is 0 Å². The number of ether oxygens (including phenoxy) is 3. The number of benzene rings is 2. The lowest BCUT2D eigenvalue weighted by Crippen LogP contribution is -2.38. The molecule has 3 rings (SSSR count). The van der Waals surface area contributed by atoms with E-state index < -0.39 is 17.5 Å². The van der Waals surface area contributed by atoms with Gasteiger partial charge in [0.05, 0.1) is 19.4 Å². The summed E-state index contributed by atoms with van der Waals surface area (Å²) in [4.78, 5) is 22.3. The van der Waals surface area contributed by atoms with Crippen LogP contribution in [0.1, 0.15) is 60.4 Å². The van der Waals surface area contributed by atoms with Crippen LogP contribution in [0.5, 0.6) is 11.5 Å². The van der Waals surface area contributed by atoms with Crippen molar-refractivity contribution in [2.75, 3.05) is 6.61 Å². The summed E-state index contributed by atoms with van der Waals surface area (Å²) in [6.07, 6.45) is 1.88. The molecule has 0 saturated carbocycles. The smallest absolute Gasteiger partial charge is 0.306 e. The first-order valence-corrected chi connectivity index (χ1v) is 11.1. The molecular formula is C26H32O6. The molecule has 0 aromatic heterocycles. The van der Waals surface area contributed by atoms with Crippen molar-refractivity contribution in [1.82, 2.24) is 0 Å². The fraction of sp³-hybridized carbons (Fsp3) is 0.462. The molecule has 1 aliphatic rings. The number of carboxylic acid groups (broad SMARTS) is 1. The van der Waals surface area contributed by atoms with Gasteiger partial charge in [-0.25, -0.2) is 0 Å².